The summed E-state index contributed by atoms with van der Waals surface area (Å²) in [5.74, 6) is 0.542. The molecule has 1 aromatic heterocycles. The largest absolute Gasteiger partial charge is 0.338 e. The van der Waals surface area contributed by atoms with Gasteiger partial charge in [0.1, 0.15) is 11.6 Å². The Morgan fingerprint density at radius 2 is 1.65 bits per heavy atom. The highest BCUT2D eigenvalue weighted by molar-refractivity contribution is 5.67. The number of imidazole rings is 1. The Labute approximate surface area is 117 Å². The van der Waals surface area contributed by atoms with E-state index >= 15 is 0 Å². The number of hydrogen-bond acceptors (Lipinski definition) is 1. The number of nitrogens with zero attached hydrogens (tertiary/aromatic N) is 1. The topological polar surface area (TPSA) is 28.7 Å². The first-order valence-corrected chi connectivity index (χ1v) is 6.68. The number of rotatable bonds is 3. The zero-order valence-electron chi connectivity index (χ0n) is 11.2. The predicted octanol–water partition coefficient (Wildman–Crippen LogP) is 4.45. The summed E-state index contributed by atoms with van der Waals surface area (Å²) in [7, 11) is 0. The van der Waals surface area contributed by atoms with Gasteiger partial charge in [-0.05, 0) is 36.2 Å². The van der Waals surface area contributed by atoms with E-state index < -0.39 is 0 Å². The van der Waals surface area contributed by atoms with Gasteiger partial charge in [0.15, 0.2) is 0 Å². The smallest absolute Gasteiger partial charge is 0.138 e. The van der Waals surface area contributed by atoms with Crippen molar-refractivity contribution >= 4 is 0 Å². The molecule has 0 aliphatic carbocycles. The molecule has 0 radical (unpaired) electrons. The summed E-state index contributed by atoms with van der Waals surface area (Å²) >= 11 is 0. The Morgan fingerprint density at radius 3 is 2.30 bits per heavy atom. The standard InChI is InChI=1S/C17H15FN2/c1-2-15-16(12-6-4-3-5-7-12)20-17(19-15)13-8-10-14(18)11-9-13/h3-11H,2H2,1H3,(H,19,20). The second-order valence-corrected chi connectivity index (χ2v) is 4.63. The van der Waals surface area contributed by atoms with Crippen molar-refractivity contribution < 1.29 is 4.39 Å². The highest BCUT2D eigenvalue weighted by Crippen LogP contribution is 2.26. The van der Waals surface area contributed by atoms with Gasteiger partial charge in [0.25, 0.3) is 0 Å². The maximum absolute atomic E-state index is 13.0. The van der Waals surface area contributed by atoms with E-state index in [2.05, 4.69) is 29.0 Å². The van der Waals surface area contributed by atoms with Crippen molar-refractivity contribution in [3.63, 3.8) is 0 Å². The molecule has 0 aliphatic heterocycles. The van der Waals surface area contributed by atoms with Gasteiger partial charge < -0.3 is 4.98 Å². The average Bonchev–Trinajstić information content (AvgIpc) is 2.93. The molecule has 0 saturated heterocycles. The van der Waals surface area contributed by atoms with Crippen molar-refractivity contribution in [3.8, 4) is 22.6 Å². The van der Waals surface area contributed by atoms with Crippen molar-refractivity contribution in [2.24, 2.45) is 0 Å². The Bertz CT molecular complexity index is 700. The second kappa shape index (κ2) is 5.29. The molecule has 0 saturated carbocycles. The number of aromatic nitrogens is 2. The average molecular weight is 266 g/mol. The Hall–Kier alpha value is -2.42. The van der Waals surface area contributed by atoms with E-state index in [1.165, 1.54) is 12.1 Å². The molecule has 1 N–H and O–H groups in total. The van der Waals surface area contributed by atoms with Gasteiger partial charge >= 0.3 is 0 Å². The van der Waals surface area contributed by atoms with Crippen LogP contribution >= 0.6 is 0 Å². The normalized spacial score (nSPS) is 10.7. The first-order chi connectivity index (χ1) is 9.78. The summed E-state index contributed by atoms with van der Waals surface area (Å²) < 4.78 is 13.0. The van der Waals surface area contributed by atoms with Crippen molar-refractivity contribution in [1.29, 1.82) is 0 Å². The highest BCUT2D eigenvalue weighted by Gasteiger charge is 2.11. The lowest BCUT2D eigenvalue weighted by atomic mass is 10.1. The molecule has 0 bridgehead atoms. The lowest BCUT2D eigenvalue weighted by Crippen LogP contribution is -1.85. The molecule has 1 heterocycles. The van der Waals surface area contributed by atoms with Crippen LogP contribution in [0.4, 0.5) is 4.39 Å². The molecule has 0 fully saturated rings. The fraction of sp³-hybridized carbons (Fsp3) is 0.118. The van der Waals surface area contributed by atoms with Crippen LogP contribution in [-0.4, -0.2) is 9.97 Å². The molecule has 3 rings (SSSR count). The van der Waals surface area contributed by atoms with Crippen molar-refractivity contribution in [2.75, 3.05) is 0 Å². The molecule has 0 aliphatic rings. The van der Waals surface area contributed by atoms with E-state index in [1.54, 1.807) is 12.1 Å². The van der Waals surface area contributed by atoms with Crippen LogP contribution in [0.2, 0.25) is 0 Å². The van der Waals surface area contributed by atoms with E-state index in [0.29, 0.717) is 0 Å². The van der Waals surface area contributed by atoms with Crippen molar-refractivity contribution in [2.45, 2.75) is 13.3 Å². The molecule has 2 aromatic carbocycles. The number of benzene rings is 2. The molecule has 20 heavy (non-hydrogen) atoms. The minimum atomic E-state index is -0.237. The van der Waals surface area contributed by atoms with Crippen LogP contribution < -0.4 is 0 Å². The van der Waals surface area contributed by atoms with Gasteiger partial charge in [-0.25, -0.2) is 9.37 Å². The lowest BCUT2D eigenvalue weighted by Gasteiger charge is -1.99. The van der Waals surface area contributed by atoms with Crippen molar-refractivity contribution in [1.82, 2.24) is 9.97 Å². The SMILES string of the molecule is CCc1nc(-c2ccc(F)cc2)[nH]c1-c1ccccc1. The molecule has 0 atom stereocenters. The van der Waals surface area contributed by atoms with Gasteiger partial charge in [-0.15, -0.1) is 0 Å². The molecule has 0 amide bonds. The van der Waals surface area contributed by atoms with Gasteiger partial charge in [-0.1, -0.05) is 37.3 Å². The maximum Gasteiger partial charge on any atom is 0.138 e. The third-order valence-corrected chi connectivity index (χ3v) is 3.29. The summed E-state index contributed by atoms with van der Waals surface area (Å²) in [5, 5.41) is 0. The molecule has 100 valence electrons. The molecule has 3 aromatic rings. The first-order valence-electron chi connectivity index (χ1n) is 6.68. The van der Waals surface area contributed by atoms with Crippen LogP contribution in [0.15, 0.2) is 54.6 Å². The summed E-state index contributed by atoms with van der Waals surface area (Å²) in [6.07, 6.45) is 0.849. The second-order valence-electron chi connectivity index (χ2n) is 4.63. The molecule has 0 unspecified atom stereocenters. The molecule has 3 heteroatoms. The van der Waals surface area contributed by atoms with Crippen LogP contribution in [0.3, 0.4) is 0 Å². The van der Waals surface area contributed by atoms with Crippen molar-refractivity contribution in [3.05, 3.63) is 66.1 Å². The Morgan fingerprint density at radius 1 is 0.950 bits per heavy atom. The van der Waals surface area contributed by atoms with Crippen LogP contribution in [0.1, 0.15) is 12.6 Å². The van der Waals surface area contributed by atoms with Gasteiger partial charge in [-0.3, -0.25) is 0 Å². The monoisotopic (exact) mass is 266 g/mol. The number of aromatic amines is 1. The van der Waals surface area contributed by atoms with E-state index in [-0.39, 0.29) is 5.82 Å². The molecule has 0 spiro atoms. The summed E-state index contributed by atoms with van der Waals surface area (Å²) in [6, 6.07) is 16.5. The third kappa shape index (κ3) is 2.35. The van der Waals surface area contributed by atoms with Crippen LogP contribution in [0.25, 0.3) is 22.6 Å². The predicted molar refractivity (Wildman–Crippen MR) is 78.8 cm³/mol. The zero-order chi connectivity index (χ0) is 13.9. The summed E-state index contributed by atoms with van der Waals surface area (Å²) in [6.45, 7) is 2.08. The Balaban J connectivity index is 2.07. The minimum absolute atomic E-state index is 0.237. The van der Waals surface area contributed by atoms with Gasteiger partial charge in [0, 0.05) is 5.56 Å². The number of aryl methyl sites for hydroxylation is 1. The molecule has 2 nitrogen and oxygen atoms in total. The van der Waals surface area contributed by atoms with Crippen LogP contribution in [0, 0.1) is 5.82 Å². The van der Waals surface area contributed by atoms with Crippen LogP contribution in [0.5, 0.6) is 0 Å². The number of hydrogen-bond donors (Lipinski definition) is 1. The number of nitrogens with one attached hydrogen (secondary N) is 1. The summed E-state index contributed by atoms with van der Waals surface area (Å²) in [4.78, 5) is 7.98. The van der Waals surface area contributed by atoms with E-state index in [4.69, 9.17) is 0 Å². The van der Waals surface area contributed by atoms with Gasteiger partial charge in [0.05, 0.1) is 11.4 Å². The Kier molecular flexibility index (Phi) is 3.33. The molecular formula is C17H15FN2. The number of halogens is 1. The first kappa shape index (κ1) is 12.6. The van der Waals surface area contributed by atoms with Gasteiger partial charge in [-0.2, -0.15) is 0 Å². The zero-order valence-corrected chi connectivity index (χ0v) is 11.2. The van der Waals surface area contributed by atoms with E-state index in [0.717, 1.165) is 34.8 Å². The van der Waals surface area contributed by atoms with Crippen LogP contribution in [-0.2, 0) is 6.42 Å². The maximum atomic E-state index is 13.0. The highest BCUT2D eigenvalue weighted by atomic mass is 19.1. The fourth-order valence-corrected chi connectivity index (χ4v) is 2.25. The van der Waals surface area contributed by atoms with E-state index in [1.807, 2.05) is 18.2 Å². The minimum Gasteiger partial charge on any atom is -0.338 e. The lowest BCUT2D eigenvalue weighted by molar-refractivity contribution is 0.628. The van der Waals surface area contributed by atoms with E-state index in [9.17, 15) is 4.39 Å². The summed E-state index contributed by atoms with van der Waals surface area (Å²) in [5.41, 5.74) is 4.07. The van der Waals surface area contributed by atoms with Gasteiger partial charge in [0.2, 0.25) is 0 Å². The fourth-order valence-electron chi connectivity index (χ4n) is 2.25. The quantitative estimate of drug-likeness (QED) is 0.745. The third-order valence-electron chi connectivity index (χ3n) is 3.29. The molecular weight excluding hydrogens is 251 g/mol. The number of H-pyrrole nitrogens is 1.